The molecule has 2 rings (SSSR count). The molecule has 1 amide bonds. The molecule has 0 radical (unpaired) electrons. The number of nitrogen functional groups attached to an aromatic ring is 1. The number of amides is 1. The van der Waals surface area contributed by atoms with Crippen LogP contribution in [0.15, 0.2) is 36.4 Å². The number of hydrogen-bond acceptors (Lipinski definition) is 3. The molecule has 0 atom stereocenters. The Morgan fingerprint density at radius 2 is 1.90 bits per heavy atom. The van der Waals surface area contributed by atoms with Crippen LogP contribution in [0.2, 0.25) is 0 Å². The lowest BCUT2D eigenvalue weighted by atomic mass is 10.1. The first-order chi connectivity index (χ1) is 9.49. The predicted octanol–water partition coefficient (Wildman–Crippen LogP) is 3.15. The number of methoxy groups -OCH3 is 1. The molecule has 20 heavy (non-hydrogen) atoms. The fourth-order valence-corrected chi connectivity index (χ4v) is 2.02. The molecule has 0 aliphatic carbocycles. The van der Waals surface area contributed by atoms with Crippen LogP contribution in [0.5, 0.6) is 5.75 Å². The van der Waals surface area contributed by atoms with Gasteiger partial charge >= 0.3 is 0 Å². The summed E-state index contributed by atoms with van der Waals surface area (Å²) in [5.41, 5.74) is 9.70. The second kappa shape index (κ2) is 5.65. The first-order valence-corrected chi connectivity index (χ1v) is 6.33. The number of carbonyl (C=O) groups excluding carboxylic acids is 1. The Morgan fingerprint density at radius 1 is 1.15 bits per heavy atom. The Balaban J connectivity index is 2.26. The van der Waals surface area contributed by atoms with Crippen LogP contribution in [-0.4, -0.2) is 13.0 Å². The van der Waals surface area contributed by atoms with E-state index in [9.17, 15) is 4.79 Å². The lowest BCUT2D eigenvalue weighted by molar-refractivity contribution is 0.102. The molecule has 0 aliphatic rings. The quantitative estimate of drug-likeness (QED) is 0.842. The van der Waals surface area contributed by atoms with Gasteiger partial charge in [-0.05, 0) is 37.6 Å². The molecule has 0 aliphatic heterocycles. The van der Waals surface area contributed by atoms with Crippen molar-refractivity contribution in [2.45, 2.75) is 13.8 Å². The molecule has 0 unspecified atom stereocenters. The molecule has 4 heteroatoms. The van der Waals surface area contributed by atoms with Crippen LogP contribution in [-0.2, 0) is 0 Å². The first kappa shape index (κ1) is 13.9. The Hall–Kier alpha value is -2.49. The number of ether oxygens (including phenoxy) is 1. The summed E-state index contributed by atoms with van der Waals surface area (Å²) >= 11 is 0. The first-order valence-electron chi connectivity index (χ1n) is 6.33. The van der Waals surface area contributed by atoms with E-state index in [1.54, 1.807) is 25.3 Å². The number of hydrogen-bond donors (Lipinski definition) is 2. The maximum absolute atomic E-state index is 12.2. The minimum atomic E-state index is -0.206. The Morgan fingerprint density at radius 3 is 2.55 bits per heavy atom. The monoisotopic (exact) mass is 270 g/mol. The van der Waals surface area contributed by atoms with Crippen LogP contribution >= 0.6 is 0 Å². The van der Waals surface area contributed by atoms with Gasteiger partial charge in [0.1, 0.15) is 5.75 Å². The third-order valence-electron chi connectivity index (χ3n) is 3.06. The topological polar surface area (TPSA) is 64.3 Å². The van der Waals surface area contributed by atoms with Crippen molar-refractivity contribution in [2.75, 3.05) is 18.2 Å². The largest absolute Gasteiger partial charge is 0.497 e. The van der Waals surface area contributed by atoms with Crippen LogP contribution in [0.1, 0.15) is 21.5 Å². The van der Waals surface area contributed by atoms with Crippen molar-refractivity contribution in [3.8, 4) is 5.75 Å². The van der Waals surface area contributed by atoms with Crippen molar-refractivity contribution in [2.24, 2.45) is 0 Å². The molecule has 0 spiro atoms. The van der Waals surface area contributed by atoms with E-state index in [4.69, 9.17) is 10.5 Å². The van der Waals surface area contributed by atoms with E-state index in [2.05, 4.69) is 5.32 Å². The Kier molecular flexibility index (Phi) is 3.94. The average Bonchev–Trinajstić information content (AvgIpc) is 2.41. The minimum absolute atomic E-state index is 0.206. The van der Waals surface area contributed by atoms with Gasteiger partial charge in [-0.1, -0.05) is 17.7 Å². The second-order valence-corrected chi connectivity index (χ2v) is 4.77. The highest BCUT2D eigenvalue weighted by Crippen LogP contribution is 2.21. The molecule has 0 saturated carbocycles. The van der Waals surface area contributed by atoms with Crippen LogP contribution in [0.25, 0.3) is 0 Å². The predicted molar refractivity (Wildman–Crippen MR) is 81.3 cm³/mol. The van der Waals surface area contributed by atoms with Crippen molar-refractivity contribution in [1.29, 1.82) is 0 Å². The summed E-state index contributed by atoms with van der Waals surface area (Å²) in [5.74, 6) is 0.360. The van der Waals surface area contributed by atoms with Crippen LogP contribution in [0.4, 0.5) is 11.4 Å². The summed E-state index contributed by atoms with van der Waals surface area (Å²) in [6.45, 7) is 3.98. The van der Waals surface area contributed by atoms with Crippen LogP contribution in [0, 0.1) is 13.8 Å². The number of benzene rings is 2. The molecule has 3 N–H and O–H groups in total. The number of rotatable bonds is 3. The van der Waals surface area contributed by atoms with Gasteiger partial charge in [-0.3, -0.25) is 4.79 Å². The lowest BCUT2D eigenvalue weighted by Crippen LogP contribution is -2.13. The number of nitrogens with two attached hydrogens (primary N) is 1. The summed E-state index contributed by atoms with van der Waals surface area (Å²) < 4.78 is 5.12. The van der Waals surface area contributed by atoms with Crippen molar-refractivity contribution in [3.63, 3.8) is 0 Å². The summed E-state index contributed by atoms with van der Waals surface area (Å²) in [6.07, 6.45) is 0. The van der Waals surface area contributed by atoms with E-state index in [0.29, 0.717) is 17.0 Å². The van der Waals surface area contributed by atoms with Crippen molar-refractivity contribution in [1.82, 2.24) is 0 Å². The number of aryl methyl sites for hydroxylation is 2. The van der Waals surface area contributed by atoms with Gasteiger partial charge in [0.05, 0.1) is 7.11 Å². The molecule has 2 aromatic carbocycles. The van der Waals surface area contributed by atoms with Crippen molar-refractivity contribution in [3.05, 3.63) is 53.1 Å². The molecular weight excluding hydrogens is 252 g/mol. The van der Waals surface area contributed by atoms with E-state index in [0.717, 1.165) is 16.8 Å². The smallest absolute Gasteiger partial charge is 0.255 e. The van der Waals surface area contributed by atoms with E-state index in [-0.39, 0.29) is 5.91 Å². The van der Waals surface area contributed by atoms with Gasteiger partial charge in [-0.15, -0.1) is 0 Å². The summed E-state index contributed by atoms with van der Waals surface area (Å²) in [5, 5.41) is 2.88. The van der Waals surface area contributed by atoms with Crippen molar-refractivity contribution >= 4 is 17.3 Å². The zero-order chi connectivity index (χ0) is 14.7. The molecule has 0 saturated heterocycles. The van der Waals surface area contributed by atoms with E-state index >= 15 is 0 Å². The van der Waals surface area contributed by atoms with Gasteiger partial charge in [0, 0.05) is 23.0 Å². The number of anilines is 2. The minimum Gasteiger partial charge on any atom is -0.497 e. The molecular formula is C16H18N2O2. The van der Waals surface area contributed by atoms with Crippen molar-refractivity contribution < 1.29 is 9.53 Å². The van der Waals surface area contributed by atoms with E-state index < -0.39 is 0 Å². The zero-order valence-electron chi connectivity index (χ0n) is 11.9. The summed E-state index contributed by atoms with van der Waals surface area (Å²) in [4.78, 5) is 12.2. The van der Waals surface area contributed by atoms with Gasteiger partial charge in [-0.25, -0.2) is 0 Å². The standard InChI is InChI=1S/C16H18N2O2/c1-10-4-5-15(11(2)6-10)18-16(19)12-7-13(17)9-14(8-12)20-3/h4-9H,17H2,1-3H3,(H,18,19). The fraction of sp³-hybridized carbons (Fsp3) is 0.188. The van der Waals surface area contributed by atoms with E-state index in [1.165, 1.54) is 0 Å². The van der Waals surface area contributed by atoms with Gasteiger partial charge < -0.3 is 15.8 Å². The number of carbonyl (C=O) groups is 1. The molecule has 0 bridgehead atoms. The molecule has 2 aromatic rings. The highest BCUT2D eigenvalue weighted by Gasteiger charge is 2.10. The maximum atomic E-state index is 12.2. The van der Waals surface area contributed by atoms with E-state index in [1.807, 2.05) is 32.0 Å². The highest BCUT2D eigenvalue weighted by molar-refractivity contribution is 6.05. The zero-order valence-corrected chi connectivity index (χ0v) is 11.9. The molecule has 4 nitrogen and oxygen atoms in total. The lowest BCUT2D eigenvalue weighted by Gasteiger charge is -2.10. The van der Waals surface area contributed by atoms with Gasteiger partial charge in [-0.2, -0.15) is 0 Å². The summed E-state index contributed by atoms with van der Waals surface area (Å²) in [6, 6.07) is 10.8. The van der Waals surface area contributed by atoms with Crippen LogP contribution < -0.4 is 15.8 Å². The average molecular weight is 270 g/mol. The molecule has 0 fully saturated rings. The SMILES string of the molecule is COc1cc(N)cc(C(=O)Nc2ccc(C)cc2C)c1. The maximum Gasteiger partial charge on any atom is 0.255 e. The third-order valence-corrected chi connectivity index (χ3v) is 3.06. The summed E-state index contributed by atoms with van der Waals surface area (Å²) in [7, 11) is 1.54. The Bertz CT molecular complexity index is 651. The second-order valence-electron chi connectivity index (χ2n) is 4.77. The molecule has 104 valence electrons. The van der Waals surface area contributed by atoms with Crippen LogP contribution in [0.3, 0.4) is 0 Å². The van der Waals surface area contributed by atoms with Gasteiger partial charge in [0.2, 0.25) is 0 Å². The third kappa shape index (κ3) is 3.09. The normalized spacial score (nSPS) is 10.2. The Labute approximate surface area is 118 Å². The number of nitrogens with one attached hydrogen (secondary N) is 1. The highest BCUT2D eigenvalue weighted by atomic mass is 16.5. The van der Waals surface area contributed by atoms with Gasteiger partial charge in [0.25, 0.3) is 5.91 Å². The fourth-order valence-electron chi connectivity index (χ4n) is 2.02. The molecule has 0 aromatic heterocycles. The van der Waals surface area contributed by atoms with Gasteiger partial charge in [0.15, 0.2) is 0 Å². The molecule has 0 heterocycles.